The van der Waals surface area contributed by atoms with Crippen molar-refractivity contribution in [2.24, 2.45) is 5.92 Å². The summed E-state index contributed by atoms with van der Waals surface area (Å²) in [5.41, 5.74) is 0. The number of rotatable bonds is 3. The van der Waals surface area contributed by atoms with E-state index < -0.39 is 0 Å². The zero-order valence-corrected chi connectivity index (χ0v) is 9.05. The second kappa shape index (κ2) is 4.64. The van der Waals surface area contributed by atoms with E-state index in [1.807, 2.05) is 0 Å². The van der Waals surface area contributed by atoms with E-state index in [-0.39, 0.29) is 0 Å². The molecule has 0 bridgehead atoms. The van der Waals surface area contributed by atoms with Gasteiger partial charge in [0.1, 0.15) is 0 Å². The van der Waals surface area contributed by atoms with Crippen LogP contribution in [0.25, 0.3) is 0 Å². The fraction of sp³-hybridized carbons (Fsp3) is 0.909. The highest BCUT2D eigenvalue weighted by atomic mass is 16.2. The Bertz CT molecular complexity index is 177. The first-order chi connectivity index (χ1) is 6.15. The van der Waals surface area contributed by atoms with Crippen molar-refractivity contribution >= 4 is 5.91 Å². The zero-order chi connectivity index (χ0) is 9.84. The summed E-state index contributed by atoms with van der Waals surface area (Å²) in [5.74, 6) is 0.961. The molecule has 1 unspecified atom stereocenters. The number of amides is 1. The van der Waals surface area contributed by atoms with Gasteiger partial charge < -0.3 is 4.90 Å². The predicted molar refractivity (Wildman–Crippen MR) is 54.5 cm³/mol. The molecule has 1 saturated heterocycles. The van der Waals surface area contributed by atoms with Crippen LogP contribution in [0.5, 0.6) is 0 Å². The van der Waals surface area contributed by atoms with Gasteiger partial charge in [0.05, 0.1) is 0 Å². The molecule has 1 rings (SSSR count). The van der Waals surface area contributed by atoms with E-state index in [1.165, 1.54) is 6.42 Å². The van der Waals surface area contributed by atoms with Gasteiger partial charge in [-0.1, -0.05) is 20.8 Å². The minimum absolute atomic E-state index is 0.367. The van der Waals surface area contributed by atoms with Crippen molar-refractivity contribution in [3.63, 3.8) is 0 Å². The summed E-state index contributed by atoms with van der Waals surface area (Å²) >= 11 is 0. The van der Waals surface area contributed by atoms with E-state index in [1.54, 1.807) is 0 Å². The van der Waals surface area contributed by atoms with Crippen molar-refractivity contribution in [2.75, 3.05) is 6.54 Å². The van der Waals surface area contributed by atoms with Gasteiger partial charge in [-0.3, -0.25) is 4.79 Å². The molecule has 1 atom stereocenters. The first-order valence-corrected chi connectivity index (χ1v) is 5.44. The maximum absolute atomic E-state index is 11.6. The smallest absolute Gasteiger partial charge is 0.222 e. The van der Waals surface area contributed by atoms with Crippen LogP contribution in [0.1, 0.15) is 46.5 Å². The summed E-state index contributed by atoms with van der Waals surface area (Å²) in [6.07, 6.45) is 4.17. The minimum atomic E-state index is 0.367. The Morgan fingerprint density at radius 2 is 2.23 bits per heavy atom. The molecular weight excluding hydrogens is 162 g/mol. The van der Waals surface area contributed by atoms with E-state index in [0.717, 1.165) is 25.8 Å². The monoisotopic (exact) mass is 183 g/mol. The quantitative estimate of drug-likeness (QED) is 0.658. The molecule has 13 heavy (non-hydrogen) atoms. The lowest BCUT2D eigenvalue weighted by molar-refractivity contribution is -0.137. The Hall–Kier alpha value is -0.530. The van der Waals surface area contributed by atoms with Crippen LogP contribution >= 0.6 is 0 Å². The fourth-order valence-electron chi connectivity index (χ4n) is 2.06. The third kappa shape index (κ3) is 2.71. The highest BCUT2D eigenvalue weighted by Gasteiger charge is 2.26. The summed E-state index contributed by atoms with van der Waals surface area (Å²) in [6.45, 7) is 7.47. The van der Waals surface area contributed by atoms with Gasteiger partial charge >= 0.3 is 0 Å². The van der Waals surface area contributed by atoms with Gasteiger partial charge in [0.15, 0.2) is 0 Å². The lowest BCUT2D eigenvalue weighted by atomic mass is 9.98. The van der Waals surface area contributed by atoms with Crippen LogP contribution in [0.4, 0.5) is 0 Å². The molecule has 1 fully saturated rings. The summed E-state index contributed by atoms with van der Waals surface area (Å²) in [5, 5.41) is 0. The van der Waals surface area contributed by atoms with Crippen LogP contribution in [0.15, 0.2) is 0 Å². The average Bonchev–Trinajstić information content (AvgIpc) is 2.08. The third-order valence-electron chi connectivity index (χ3n) is 2.72. The maximum Gasteiger partial charge on any atom is 0.222 e. The predicted octanol–water partition coefficient (Wildman–Crippen LogP) is 2.43. The second-order valence-corrected chi connectivity index (χ2v) is 4.39. The molecule has 0 spiro atoms. The topological polar surface area (TPSA) is 20.3 Å². The Morgan fingerprint density at radius 3 is 2.77 bits per heavy atom. The standard InChI is InChI=1S/C11H21NO/c1-4-10-6-5-7-11(13)12(10)8-9(2)3/h9-10H,4-8H2,1-3H3. The number of hydrogen-bond acceptors (Lipinski definition) is 1. The number of carbonyl (C=O) groups is 1. The molecule has 1 amide bonds. The molecule has 76 valence electrons. The molecule has 0 aliphatic carbocycles. The summed E-state index contributed by atoms with van der Waals surface area (Å²) in [6, 6.07) is 0.517. The summed E-state index contributed by atoms with van der Waals surface area (Å²) < 4.78 is 0. The second-order valence-electron chi connectivity index (χ2n) is 4.39. The molecule has 1 aliphatic rings. The van der Waals surface area contributed by atoms with E-state index >= 15 is 0 Å². The van der Waals surface area contributed by atoms with Gasteiger partial charge in [0.2, 0.25) is 5.91 Å². The molecule has 0 aromatic carbocycles. The molecule has 0 radical (unpaired) electrons. The molecule has 0 saturated carbocycles. The highest BCUT2D eigenvalue weighted by molar-refractivity contribution is 5.77. The lowest BCUT2D eigenvalue weighted by Gasteiger charge is -2.36. The van der Waals surface area contributed by atoms with E-state index in [2.05, 4.69) is 25.7 Å². The third-order valence-corrected chi connectivity index (χ3v) is 2.72. The molecule has 1 aliphatic heterocycles. The van der Waals surface area contributed by atoms with Crippen LogP contribution in [-0.2, 0) is 4.79 Å². The first-order valence-electron chi connectivity index (χ1n) is 5.44. The normalized spacial score (nSPS) is 24.2. The number of hydrogen-bond donors (Lipinski definition) is 0. The number of carbonyl (C=O) groups excluding carboxylic acids is 1. The maximum atomic E-state index is 11.6. The van der Waals surface area contributed by atoms with E-state index in [4.69, 9.17) is 0 Å². The highest BCUT2D eigenvalue weighted by Crippen LogP contribution is 2.21. The van der Waals surface area contributed by atoms with Crippen LogP contribution in [-0.4, -0.2) is 23.4 Å². The molecule has 0 aromatic rings. The SMILES string of the molecule is CCC1CCCC(=O)N1CC(C)C. The molecular formula is C11H21NO. The minimum Gasteiger partial charge on any atom is -0.339 e. The lowest BCUT2D eigenvalue weighted by Crippen LogP contribution is -2.45. The van der Waals surface area contributed by atoms with Gasteiger partial charge in [-0.15, -0.1) is 0 Å². The van der Waals surface area contributed by atoms with Crippen molar-refractivity contribution in [1.29, 1.82) is 0 Å². The Kier molecular flexibility index (Phi) is 3.76. The van der Waals surface area contributed by atoms with Gasteiger partial charge in [-0.25, -0.2) is 0 Å². The Balaban J connectivity index is 2.56. The van der Waals surface area contributed by atoms with Crippen LogP contribution in [0, 0.1) is 5.92 Å². The van der Waals surface area contributed by atoms with Crippen molar-refractivity contribution in [2.45, 2.75) is 52.5 Å². The van der Waals surface area contributed by atoms with Gasteiger partial charge in [-0.2, -0.15) is 0 Å². The number of piperidine rings is 1. The molecule has 0 N–H and O–H groups in total. The van der Waals surface area contributed by atoms with Crippen molar-refractivity contribution in [3.05, 3.63) is 0 Å². The van der Waals surface area contributed by atoms with Gasteiger partial charge in [0.25, 0.3) is 0 Å². The summed E-state index contributed by atoms with van der Waals surface area (Å²) in [7, 11) is 0. The molecule has 0 aromatic heterocycles. The van der Waals surface area contributed by atoms with Crippen LogP contribution < -0.4 is 0 Å². The van der Waals surface area contributed by atoms with Crippen molar-refractivity contribution in [1.82, 2.24) is 4.90 Å². The molecule has 1 heterocycles. The Labute approximate surface area is 81.3 Å². The van der Waals surface area contributed by atoms with E-state index in [9.17, 15) is 4.79 Å². The average molecular weight is 183 g/mol. The first kappa shape index (κ1) is 10.6. The van der Waals surface area contributed by atoms with Crippen LogP contribution in [0.3, 0.4) is 0 Å². The summed E-state index contributed by atoms with van der Waals surface area (Å²) in [4.78, 5) is 13.7. The largest absolute Gasteiger partial charge is 0.339 e. The number of likely N-dealkylation sites (tertiary alicyclic amines) is 1. The van der Waals surface area contributed by atoms with Crippen LogP contribution in [0.2, 0.25) is 0 Å². The van der Waals surface area contributed by atoms with E-state index in [0.29, 0.717) is 17.9 Å². The fourth-order valence-corrected chi connectivity index (χ4v) is 2.06. The van der Waals surface area contributed by atoms with Crippen molar-refractivity contribution < 1.29 is 4.79 Å². The molecule has 2 nitrogen and oxygen atoms in total. The molecule has 2 heteroatoms. The Morgan fingerprint density at radius 1 is 1.54 bits per heavy atom. The van der Waals surface area contributed by atoms with Gasteiger partial charge in [-0.05, 0) is 25.2 Å². The number of nitrogens with zero attached hydrogens (tertiary/aromatic N) is 1. The zero-order valence-electron chi connectivity index (χ0n) is 9.05. The van der Waals surface area contributed by atoms with Gasteiger partial charge in [0, 0.05) is 19.0 Å². The van der Waals surface area contributed by atoms with Crippen molar-refractivity contribution in [3.8, 4) is 0 Å².